The number of halogens is 1. The van der Waals surface area contributed by atoms with Gasteiger partial charge >= 0.3 is 5.97 Å². The molecule has 0 aliphatic rings. The van der Waals surface area contributed by atoms with E-state index >= 15 is 0 Å². The van der Waals surface area contributed by atoms with Gasteiger partial charge in [0, 0.05) is 0 Å². The van der Waals surface area contributed by atoms with E-state index in [4.69, 9.17) is 5.11 Å². The van der Waals surface area contributed by atoms with Crippen molar-refractivity contribution in [1.82, 2.24) is 9.97 Å². The highest BCUT2D eigenvalue weighted by Gasteiger charge is 2.10. The van der Waals surface area contributed by atoms with Crippen LogP contribution in [0.25, 0.3) is 0 Å². The van der Waals surface area contributed by atoms with E-state index in [1.807, 2.05) is 6.92 Å². The molecular weight excluding hydrogens is 236 g/mol. The smallest absolute Gasteiger partial charge is 0.309 e. The van der Waals surface area contributed by atoms with Gasteiger partial charge in [-0.2, -0.15) is 0 Å². The quantitative estimate of drug-likeness (QED) is 0.857. The molecular formula is C8H9BrN2O2. The van der Waals surface area contributed by atoms with E-state index in [-0.39, 0.29) is 6.42 Å². The summed E-state index contributed by atoms with van der Waals surface area (Å²) < 4.78 is 0.681. The molecule has 1 heterocycles. The molecule has 0 saturated carbocycles. The van der Waals surface area contributed by atoms with Gasteiger partial charge < -0.3 is 5.11 Å². The van der Waals surface area contributed by atoms with Gasteiger partial charge in [0.05, 0.1) is 22.3 Å². The van der Waals surface area contributed by atoms with Crippen molar-refractivity contribution in [1.29, 1.82) is 0 Å². The summed E-state index contributed by atoms with van der Waals surface area (Å²) >= 11 is 3.25. The SMILES string of the molecule is Cc1nc(C)c(Br)c(CC(=O)O)n1. The van der Waals surface area contributed by atoms with Gasteiger partial charge in [0.25, 0.3) is 0 Å². The number of nitrogens with zero attached hydrogens (tertiary/aromatic N) is 2. The van der Waals surface area contributed by atoms with E-state index in [1.165, 1.54) is 0 Å². The van der Waals surface area contributed by atoms with Crippen LogP contribution in [0.1, 0.15) is 17.2 Å². The lowest BCUT2D eigenvalue weighted by molar-refractivity contribution is -0.136. The van der Waals surface area contributed by atoms with Crippen LogP contribution in [0.3, 0.4) is 0 Å². The fourth-order valence-electron chi connectivity index (χ4n) is 1.03. The van der Waals surface area contributed by atoms with Crippen LogP contribution in [0.5, 0.6) is 0 Å². The second-order valence-corrected chi connectivity index (χ2v) is 3.48. The molecule has 0 spiro atoms. The molecule has 0 bridgehead atoms. The Hall–Kier alpha value is -0.970. The van der Waals surface area contributed by atoms with Crippen molar-refractivity contribution in [2.45, 2.75) is 20.3 Å². The minimum atomic E-state index is -0.891. The number of hydrogen-bond donors (Lipinski definition) is 1. The lowest BCUT2D eigenvalue weighted by Crippen LogP contribution is -2.06. The zero-order chi connectivity index (χ0) is 10.0. The maximum Gasteiger partial charge on any atom is 0.309 e. The van der Waals surface area contributed by atoms with E-state index in [1.54, 1.807) is 6.92 Å². The minimum Gasteiger partial charge on any atom is -0.481 e. The largest absolute Gasteiger partial charge is 0.481 e. The average molecular weight is 245 g/mol. The van der Waals surface area contributed by atoms with Crippen LogP contribution in [-0.2, 0) is 11.2 Å². The lowest BCUT2D eigenvalue weighted by atomic mass is 10.2. The molecule has 0 aliphatic heterocycles. The number of carbonyl (C=O) groups is 1. The van der Waals surface area contributed by atoms with Crippen LogP contribution in [-0.4, -0.2) is 21.0 Å². The van der Waals surface area contributed by atoms with E-state index < -0.39 is 5.97 Å². The highest BCUT2D eigenvalue weighted by Crippen LogP contribution is 2.18. The van der Waals surface area contributed by atoms with Crippen LogP contribution in [0.15, 0.2) is 4.47 Å². The Morgan fingerprint density at radius 1 is 1.46 bits per heavy atom. The number of aromatic nitrogens is 2. The first-order valence-corrected chi connectivity index (χ1v) is 4.51. The first kappa shape index (κ1) is 10.1. The van der Waals surface area contributed by atoms with Gasteiger partial charge in [0.1, 0.15) is 5.82 Å². The van der Waals surface area contributed by atoms with Gasteiger partial charge in [-0.15, -0.1) is 0 Å². The third-order valence-corrected chi connectivity index (χ3v) is 2.55. The molecule has 1 rings (SSSR count). The van der Waals surface area contributed by atoms with Crippen molar-refractivity contribution in [3.8, 4) is 0 Å². The van der Waals surface area contributed by atoms with Crippen molar-refractivity contribution >= 4 is 21.9 Å². The summed E-state index contributed by atoms with van der Waals surface area (Å²) in [6, 6.07) is 0. The molecule has 5 heteroatoms. The maximum absolute atomic E-state index is 10.5. The zero-order valence-electron chi connectivity index (χ0n) is 7.33. The first-order valence-electron chi connectivity index (χ1n) is 3.72. The van der Waals surface area contributed by atoms with E-state index in [2.05, 4.69) is 25.9 Å². The second-order valence-electron chi connectivity index (χ2n) is 2.69. The highest BCUT2D eigenvalue weighted by molar-refractivity contribution is 9.10. The van der Waals surface area contributed by atoms with E-state index in [0.29, 0.717) is 16.0 Å². The number of rotatable bonds is 2. The zero-order valence-corrected chi connectivity index (χ0v) is 8.92. The Morgan fingerprint density at radius 3 is 2.62 bits per heavy atom. The summed E-state index contributed by atoms with van der Waals surface area (Å²) in [5.74, 6) is -0.296. The molecule has 0 radical (unpaired) electrons. The molecule has 0 amide bonds. The molecule has 0 unspecified atom stereocenters. The summed E-state index contributed by atoms with van der Waals surface area (Å²) in [5.41, 5.74) is 1.29. The Bertz CT molecular complexity index is 352. The standard InChI is InChI=1S/C8H9BrN2O2/c1-4-8(9)6(3-7(12)13)11-5(2)10-4/h3H2,1-2H3,(H,12,13). The number of hydrogen-bond acceptors (Lipinski definition) is 3. The van der Waals surface area contributed by atoms with Crippen LogP contribution in [0.4, 0.5) is 0 Å². The Balaban J connectivity index is 3.12. The summed E-state index contributed by atoms with van der Waals surface area (Å²) in [7, 11) is 0. The fourth-order valence-corrected chi connectivity index (χ4v) is 1.35. The maximum atomic E-state index is 10.5. The van der Waals surface area contributed by atoms with Crippen LogP contribution < -0.4 is 0 Å². The van der Waals surface area contributed by atoms with Gasteiger partial charge in [0.15, 0.2) is 0 Å². The van der Waals surface area contributed by atoms with Gasteiger partial charge in [-0.25, -0.2) is 9.97 Å². The fraction of sp³-hybridized carbons (Fsp3) is 0.375. The van der Waals surface area contributed by atoms with Crippen molar-refractivity contribution in [2.24, 2.45) is 0 Å². The Kier molecular flexibility index (Phi) is 2.98. The predicted molar refractivity (Wildman–Crippen MR) is 50.5 cm³/mol. The summed E-state index contributed by atoms with van der Waals surface area (Å²) in [6.45, 7) is 3.55. The number of aliphatic carboxylic acids is 1. The van der Waals surface area contributed by atoms with Gasteiger partial charge in [-0.3, -0.25) is 4.79 Å². The molecule has 4 nitrogen and oxygen atoms in total. The van der Waals surface area contributed by atoms with Gasteiger partial charge in [0.2, 0.25) is 0 Å². The van der Waals surface area contributed by atoms with Gasteiger partial charge in [-0.1, -0.05) is 0 Å². The van der Waals surface area contributed by atoms with Crippen molar-refractivity contribution < 1.29 is 9.90 Å². The normalized spacial score (nSPS) is 10.1. The number of aryl methyl sites for hydroxylation is 2. The van der Waals surface area contributed by atoms with Crippen molar-refractivity contribution in [3.63, 3.8) is 0 Å². The molecule has 0 fully saturated rings. The van der Waals surface area contributed by atoms with E-state index in [9.17, 15) is 4.79 Å². The third kappa shape index (κ3) is 2.48. The molecule has 0 aromatic carbocycles. The summed E-state index contributed by atoms with van der Waals surface area (Å²) in [4.78, 5) is 18.6. The number of carboxylic acids is 1. The van der Waals surface area contributed by atoms with Crippen LogP contribution in [0.2, 0.25) is 0 Å². The summed E-state index contributed by atoms with van der Waals surface area (Å²) in [5, 5.41) is 8.59. The lowest BCUT2D eigenvalue weighted by Gasteiger charge is -2.04. The first-order chi connectivity index (χ1) is 6.00. The average Bonchev–Trinajstić information content (AvgIpc) is 1.98. The molecule has 13 heavy (non-hydrogen) atoms. The van der Waals surface area contributed by atoms with Gasteiger partial charge in [-0.05, 0) is 29.8 Å². The summed E-state index contributed by atoms with van der Waals surface area (Å²) in [6.07, 6.45) is -0.0786. The van der Waals surface area contributed by atoms with Crippen molar-refractivity contribution in [2.75, 3.05) is 0 Å². The Morgan fingerprint density at radius 2 is 2.08 bits per heavy atom. The molecule has 0 atom stereocenters. The second kappa shape index (κ2) is 3.83. The number of carboxylic acid groups (broad SMARTS) is 1. The van der Waals surface area contributed by atoms with Crippen molar-refractivity contribution in [3.05, 3.63) is 21.7 Å². The van der Waals surface area contributed by atoms with E-state index in [0.717, 1.165) is 5.69 Å². The molecule has 0 saturated heterocycles. The molecule has 70 valence electrons. The molecule has 1 aromatic heterocycles. The molecule has 1 aromatic rings. The predicted octanol–water partition coefficient (Wildman–Crippen LogP) is 1.48. The molecule has 0 aliphatic carbocycles. The third-order valence-electron chi connectivity index (χ3n) is 1.52. The highest BCUT2D eigenvalue weighted by atomic mass is 79.9. The van der Waals surface area contributed by atoms with Crippen LogP contribution in [0, 0.1) is 13.8 Å². The monoisotopic (exact) mass is 244 g/mol. The Labute approximate surface area is 84.2 Å². The minimum absolute atomic E-state index is 0.0786. The van der Waals surface area contributed by atoms with Crippen LogP contribution >= 0.6 is 15.9 Å². The molecule has 1 N–H and O–H groups in total. The topological polar surface area (TPSA) is 63.1 Å².